The Morgan fingerprint density at radius 3 is 2.39 bits per heavy atom. The molecule has 1 unspecified atom stereocenters. The van der Waals surface area contributed by atoms with Gasteiger partial charge in [-0.2, -0.15) is 0 Å². The summed E-state index contributed by atoms with van der Waals surface area (Å²) in [7, 11) is -1.03. The summed E-state index contributed by atoms with van der Waals surface area (Å²) in [6, 6.07) is 16.7. The van der Waals surface area contributed by atoms with Crippen LogP contribution in [0, 0.1) is 0 Å². The van der Waals surface area contributed by atoms with Gasteiger partial charge >= 0.3 is 0 Å². The quantitative estimate of drug-likeness (QED) is 0.841. The van der Waals surface area contributed by atoms with Gasteiger partial charge in [0.15, 0.2) is 0 Å². The molecule has 0 saturated heterocycles. The largest absolute Gasteiger partial charge is 0.490 e. The first kappa shape index (κ1) is 12.6. The van der Waals surface area contributed by atoms with Crippen LogP contribution in [0.15, 0.2) is 59.5 Å². The molecule has 3 nitrogen and oxygen atoms in total. The molecule has 0 aromatic heterocycles. The van der Waals surface area contributed by atoms with Crippen LogP contribution in [0.5, 0.6) is 5.75 Å². The Hall–Kier alpha value is -1.81. The van der Waals surface area contributed by atoms with Crippen molar-refractivity contribution in [3.8, 4) is 5.75 Å². The lowest BCUT2D eigenvalue weighted by molar-refractivity contribution is 0.344. The van der Waals surface area contributed by atoms with E-state index in [0.717, 1.165) is 4.90 Å². The molecule has 0 aliphatic heterocycles. The van der Waals surface area contributed by atoms with Gasteiger partial charge < -0.3 is 10.5 Å². The van der Waals surface area contributed by atoms with E-state index < -0.39 is 10.8 Å². The van der Waals surface area contributed by atoms with E-state index in [-0.39, 0.29) is 0 Å². The molecule has 0 radical (unpaired) electrons. The molecule has 0 aliphatic rings. The molecule has 18 heavy (non-hydrogen) atoms. The second-order valence-electron chi connectivity index (χ2n) is 3.75. The Morgan fingerprint density at radius 1 is 1.00 bits per heavy atom. The SMILES string of the molecule is Nc1ccccc1OCCS(=O)c1ccccc1. The zero-order valence-corrected chi connectivity index (χ0v) is 10.7. The van der Waals surface area contributed by atoms with Crippen LogP contribution in [-0.4, -0.2) is 16.6 Å². The predicted octanol–water partition coefficient (Wildman–Crippen LogP) is 2.46. The van der Waals surface area contributed by atoms with Gasteiger partial charge in [-0.1, -0.05) is 30.3 Å². The highest BCUT2D eigenvalue weighted by Gasteiger charge is 2.04. The van der Waals surface area contributed by atoms with Crippen molar-refractivity contribution in [1.82, 2.24) is 0 Å². The van der Waals surface area contributed by atoms with E-state index in [2.05, 4.69) is 0 Å². The van der Waals surface area contributed by atoms with E-state index in [0.29, 0.717) is 23.8 Å². The summed E-state index contributed by atoms with van der Waals surface area (Å²) in [5.74, 6) is 1.10. The van der Waals surface area contributed by atoms with Crippen molar-refractivity contribution in [3.05, 3.63) is 54.6 Å². The molecule has 2 rings (SSSR count). The molecule has 1 atom stereocenters. The normalized spacial score (nSPS) is 12.0. The van der Waals surface area contributed by atoms with Crippen molar-refractivity contribution in [2.45, 2.75) is 4.90 Å². The number of benzene rings is 2. The van der Waals surface area contributed by atoms with Crippen LogP contribution >= 0.6 is 0 Å². The molecule has 0 saturated carbocycles. The van der Waals surface area contributed by atoms with Gasteiger partial charge in [0.05, 0.1) is 22.2 Å². The fourth-order valence-electron chi connectivity index (χ4n) is 1.53. The van der Waals surface area contributed by atoms with Crippen LogP contribution in [0.2, 0.25) is 0 Å². The average molecular weight is 261 g/mol. The minimum Gasteiger partial charge on any atom is -0.490 e. The standard InChI is InChI=1S/C14H15NO2S/c15-13-8-4-5-9-14(13)17-10-11-18(16)12-6-2-1-3-7-12/h1-9H,10-11,15H2. The molecule has 0 fully saturated rings. The van der Waals surface area contributed by atoms with Gasteiger partial charge in [-0.25, -0.2) is 0 Å². The number of nitrogen functional groups attached to an aromatic ring is 1. The summed E-state index contributed by atoms with van der Waals surface area (Å²) in [5, 5.41) is 0. The molecule has 0 bridgehead atoms. The van der Waals surface area contributed by atoms with Crippen LogP contribution in [-0.2, 0) is 10.8 Å². The van der Waals surface area contributed by atoms with Gasteiger partial charge in [-0.05, 0) is 24.3 Å². The Kier molecular flexibility index (Phi) is 4.36. The number of anilines is 1. The summed E-state index contributed by atoms with van der Waals surface area (Å²) in [6.07, 6.45) is 0. The number of hydrogen-bond donors (Lipinski definition) is 1. The van der Waals surface area contributed by atoms with Gasteiger partial charge in [-0.3, -0.25) is 4.21 Å². The molecule has 0 amide bonds. The monoisotopic (exact) mass is 261 g/mol. The Balaban J connectivity index is 1.86. The first-order valence-electron chi connectivity index (χ1n) is 5.68. The molecule has 94 valence electrons. The maximum atomic E-state index is 11.9. The minimum absolute atomic E-state index is 0.385. The first-order chi connectivity index (χ1) is 8.77. The summed E-state index contributed by atoms with van der Waals surface area (Å²) in [4.78, 5) is 0.821. The van der Waals surface area contributed by atoms with Crippen LogP contribution in [0.1, 0.15) is 0 Å². The van der Waals surface area contributed by atoms with Crippen molar-refractivity contribution in [2.75, 3.05) is 18.1 Å². The maximum Gasteiger partial charge on any atom is 0.142 e. The van der Waals surface area contributed by atoms with Crippen molar-refractivity contribution >= 4 is 16.5 Å². The molecule has 0 heterocycles. The van der Waals surface area contributed by atoms with Gasteiger partial charge in [0, 0.05) is 4.90 Å². The summed E-state index contributed by atoms with van der Waals surface area (Å²) in [6.45, 7) is 0.385. The van der Waals surface area contributed by atoms with Gasteiger partial charge in [0.1, 0.15) is 12.4 Å². The number of ether oxygens (including phenoxy) is 1. The van der Waals surface area contributed by atoms with Crippen LogP contribution < -0.4 is 10.5 Å². The van der Waals surface area contributed by atoms with E-state index in [1.54, 1.807) is 12.1 Å². The van der Waals surface area contributed by atoms with Crippen LogP contribution in [0.3, 0.4) is 0 Å². The zero-order chi connectivity index (χ0) is 12.8. The van der Waals surface area contributed by atoms with E-state index >= 15 is 0 Å². The van der Waals surface area contributed by atoms with E-state index in [4.69, 9.17) is 10.5 Å². The topological polar surface area (TPSA) is 52.3 Å². The molecule has 2 aromatic carbocycles. The number of rotatable bonds is 5. The summed E-state index contributed by atoms with van der Waals surface area (Å²) < 4.78 is 17.4. The predicted molar refractivity (Wildman–Crippen MR) is 74.1 cm³/mol. The Morgan fingerprint density at radius 2 is 1.67 bits per heavy atom. The molecular weight excluding hydrogens is 246 g/mol. The van der Waals surface area contributed by atoms with E-state index in [9.17, 15) is 4.21 Å². The highest BCUT2D eigenvalue weighted by molar-refractivity contribution is 7.85. The summed E-state index contributed by atoms with van der Waals surface area (Å²) >= 11 is 0. The van der Waals surface area contributed by atoms with E-state index in [1.165, 1.54) is 0 Å². The fraction of sp³-hybridized carbons (Fsp3) is 0.143. The lowest BCUT2D eigenvalue weighted by Crippen LogP contribution is -2.09. The maximum absolute atomic E-state index is 11.9. The molecule has 2 N–H and O–H groups in total. The summed E-state index contributed by atoms with van der Waals surface area (Å²) in [5.41, 5.74) is 6.35. The zero-order valence-electron chi connectivity index (χ0n) is 9.91. The van der Waals surface area contributed by atoms with Crippen molar-refractivity contribution in [1.29, 1.82) is 0 Å². The molecule has 4 heteroatoms. The molecule has 0 spiro atoms. The fourth-order valence-corrected chi connectivity index (χ4v) is 2.46. The minimum atomic E-state index is -1.03. The van der Waals surface area contributed by atoms with Gasteiger partial charge in [0.25, 0.3) is 0 Å². The Labute approximate surface area is 109 Å². The smallest absolute Gasteiger partial charge is 0.142 e. The van der Waals surface area contributed by atoms with Crippen LogP contribution in [0.25, 0.3) is 0 Å². The van der Waals surface area contributed by atoms with Crippen molar-refractivity contribution in [3.63, 3.8) is 0 Å². The average Bonchev–Trinajstić information content (AvgIpc) is 2.42. The highest BCUT2D eigenvalue weighted by Crippen LogP contribution is 2.19. The Bertz CT molecular complexity index is 528. The number of nitrogens with two attached hydrogens (primary N) is 1. The highest BCUT2D eigenvalue weighted by atomic mass is 32.2. The van der Waals surface area contributed by atoms with Crippen molar-refractivity contribution in [2.24, 2.45) is 0 Å². The first-order valence-corrected chi connectivity index (χ1v) is 7.00. The lowest BCUT2D eigenvalue weighted by Gasteiger charge is -2.08. The van der Waals surface area contributed by atoms with Crippen molar-refractivity contribution < 1.29 is 8.95 Å². The van der Waals surface area contributed by atoms with Crippen LogP contribution in [0.4, 0.5) is 5.69 Å². The third-order valence-corrected chi connectivity index (χ3v) is 3.79. The molecule has 0 aliphatic carbocycles. The third kappa shape index (κ3) is 3.34. The molecular formula is C14H15NO2S. The second kappa shape index (κ2) is 6.21. The van der Waals surface area contributed by atoms with Gasteiger partial charge in [0.2, 0.25) is 0 Å². The van der Waals surface area contributed by atoms with Gasteiger partial charge in [-0.15, -0.1) is 0 Å². The van der Waals surface area contributed by atoms with E-state index in [1.807, 2.05) is 42.5 Å². The third-order valence-electron chi connectivity index (χ3n) is 2.45. The number of hydrogen-bond acceptors (Lipinski definition) is 3. The second-order valence-corrected chi connectivity index (χ2v) is 5.32. The number of para-hydroxylation sites is 2. The lowest BCUT2D eigenvalue weighted by atomic mass is 10.3. The molecule has 2 aromatic rings.